The highest BCUT2D eigenvalue weighted by molar-refractivity contribution is 7.13. The molecule has 3 rings (SSSR count). The van der Waals surface area contributed by atoms with Crippen LogP contribution in [0.25, 0.3) is 10.6 Å². The molecule has 0 aliphatic carbocycles. The summed E-state index contributed by atoms with van der Waals surface area (Å²) in [4.78, 5) is 16.7. The summed E-state index contributed by atoms with van der Waals surface area (Å²) in [5.74, 6) is 2.45. The second-order valence-electron chi connectivity index (χ2n) is 5.46. The summed E-state index contributed by atoms with van der Waals surface area (Å²) in [6.45, 7) is 2.05. The minimum absolute atomic E-state index is 0.107. The van der Waals surface area contributed by atoms with E-state index in [1.165, 1.54) is 5.56 Å². The van der Waals surface area contributed by atoms with E-state index in [1.807, 2.05) is 35.7 Å². The SMILES string of the molecule is C#Cc1cccc(NC(=O)Cc2csc(-c3ccc(C)cc3)n2)c1. The Morgan fingerprint density at radius 2 is 2.04 bits per heavy atom. The Morgan fingerprint density at radius 3 is 2.79 bits per heavy atom. The number of nitrogens with zero attached hydrogens (tertiary/aromatic N) is 1. The first-order valence-electron chi connectivity index (χ1n) is 7.52. The van der Waals surface area contributed by atoms with E-state index >= 15 is 0 Å². The molecule has 0 radical (unpaired) electrons. The Bertz CT molecular complexity index is 904. The molecule has 0 atom stereocenters. The van der Waals surface area contributed by atoms with Crippen LogP contribution in [0.5, 0.6) is 0 Å². The van der Waals surface area contributed by atoms with Crippen molar-refractivity contribution >= 4 is 22.9 Å². The molecule has 3 aromatic rings. The van der Waals surface area contributed by atoms with E-state index in [0.717, 1.165) is 21.8 Å². The number of rotatable bonds is 4. The van der Waals surface area contributed by atoms with Crippen molar-refractivity contribution in [3.8, 4) is 22.9 Å². The average Bonchev–Trinajstić information content (AvgIpc) is 3.04. The number of aryl methyl sites for hydroxylation is 1. The van der Waals surface area contributed by atoms with Crippen molar-refractivity contribution in [3.63, 3.8) is 0 Å². The van der Waals surface area contributed by atoms with Crippen LogP contribution < -0.4 is 5.32 Å². The lowest BCUT2D eigenvalue weighted by Crippen LogP contribution is -2.14. The monoisotopic (exact) mass is 332 g/mol. The molecule has 1 aromatic heterocycles. The van der Waals surface area contributed by atoms with Gasteiger partial charge < -0.3 is 5.32 Å². The summed E-state index contributed by atoms with van der Waals surface area (Å²) in [5.41, 5.74) is 4.48. The van der Waals surface area contributed by atoms with Crippen LogP contribution in [0, 0.1) is 19.3 Å². The molecule has 0 unspecified atom stereocenters. The Morgan fingerprint density at radius 1 is 1.25 bits per heavy atom. The number of carbonyl (C=O) groups is 1. The molecule has 2 aromatic carbocycles. The standard InChI is InChI=1S/C20H16N2OS/c1-3-15-5-4-6-17(11-15)21-19(23)12-18-13-24-20(22-18)16-9-7-14(2)8-10-16/h1,4-11,13H,12H2,2H3,(H,21,23). The Hall–Kier alpha value is -2.90. The molecule has 0 fully saturated rings. The Labute approximate surface area is 145 Å². The van der Waals surface area contributed by atoms with Gasteiger partial charge in [-0.05, 0) is 25.1 Å². The number of anilines is 1. The fourth-order valence-corrected chi connectivity index (χ4v) is 3.10. The van der Waals surface area contributed by atoms with E-state index in [9.17, 15) is 4.79 Å². The topological polar surface area (TPSA) is 42.0 Å². The summed E-state index contributed by atoms with van der Waals surface area (Å²) < 4.78 is 0. The van der Waals surface area contributed by atoms with E-state index in [4.69, 9.17) is 6.42 Å². The highest BCUT2D eigenvalue weighted by Gasteiger charge is 2.09. The fraction of sp³-hybridized carbons (Fsp3) is 0.100. The van der Waals surface area contributed by atoms with Gasteiger partial charge in [0.05, 0.1) is 12.1 Å². The summed E-state index contributed by atoms with van der Waals surface area (Å²) >= 11 is 1.55. The van der Waals surface area contributed by atoms with Crippen molar-refractivity contribution in [1.82, 2.24) is 4.98 Å². The van der Waals surface area contributed by atoms with Crippen molar-refractivity contribution in [1.29, 1.82) is 0 Å². The van der Waals surface area contributed by atoms with Gasteiger partial charge in [0.2, 0.25) is 5.91 Å². The molecule has 0 spiro atoms. The van der Waals surface area contributed by atoms with Gasteiger partial charge >= 0.3 is 0 Å². The zero-order chi connectivity index (χ0) is 16.9. The average molecular weight is 332 g/mol. The lowest BCUT2D eigenvalue weighted by atomic mass is 10.2. The van der Waals surface area contributed by atoms with Crippen molar-refractivity contribution in [2.75, 3.05) is 5.32 Å². The number of carbonyl (C=O) groups excluding carboxylic acids is 1. The molecular weight excluding hydrogens is 316 g/mol. The van der Waals surface area contributed by atoms with Gasteiger partial charge in [0, 0.05) is 22.2 Å². The van der Waals surface area contributed by atoms with Gasteiger partial charge in [0.1, 0.15) is 5.01 Å². The van der Waals surface area contributed by atoms with E-state index in [-0.39, 0.29) is 12.3 Å². The molecule has 1 heterocycles. The minimum atomic E-state index is -0.107. The van der Waals surface area contributed by atoms with Crippen LogP contribution in [0.3, 0.4) is 0 Å². The van der Waals surface area contributed by atoms with Gasteiger partial charge in [-0.15, -0.1) is 17.8 Å². The highest BCUT2D eigenvalue weighted by atomic mass is 32.1. The fourth-order valence-electron chi connectivity index (χ4n) is 2.27. The number of terminal acetylenes is 1. The third-order valence-corrected chi connectivity index (χ3v) is 4.45. The maximum absolute atomic E-state index is 12.2. The summed E-state index contributed by atoms with van der Waals surface area (Å²) in [5, 5.41) is 5.70. The lowest BCUT2D eigenvalue weighted by molar-refractivity contribution is -0.115. The summed E-state index contributed by atoms with van der Waals surface area (Å²) in [6.07, 6.45) is 5.61. The van der Waals surface area contributed by atoms with Crippen molar-refractivity contribution in [2.24, 2.45) is 0 Å². The Kier molecular flexibility index (Phi) is 4.74. The van der Waals surface area contributed by atoms with Crippen molar-refractivity contribution in [3.05, 3.63) is 70.7 Å². The molecular formula is C20H16N2OS. The van der Waals surface area contributed by atoms with Crippen LogP contribution in [0.15, 0.2) is 53.9 Å². The number of hydrogen-bond donors (Lipinski definition) is 1. The van der Waals surface area contributed by atoms with Crippen LogP contribution in [0.2, 0.25) is 0 Å². The third kappa shape index (κ3) is 3.89. The molecule has 1 amide bonds. The van der Waals surface area contributed by atoms with Crippen molar-refractivity contribution < 1.29 is 4.79 Å². The van der Waals surface area contributed by atoms with Crippen LogP contribution >= 0.6 is 11.3 Å². The number of thiazole rings is 1. The zero-order valence-corrected chi connectivity index (χ0v) is 14.1. The molecule has 4 heteroatoms. The molecule has 0 aliphatic rings. The van der Waals surface area contributed by atoms with Gasteiger partial charge in [-0.1, -0.05) is 41.8 Å². The highest BCUT2D eigenvalue weighted by Crippen LogP contribution is 2.24. The third-order valence-electron chi connectivity index (χ3n) is 3.50. The van der Waals surface area contributed by atoms with Crippen LogP contribution in [0.1, 0.15) is 16.8 Å². The molecule has 0 aliphatic heterocycles. The number of nitrogens with one attached hydrogen (secondary N) is 1. The molecule has 0 saturated carbocycles. The maximum Gasteiger partial charge on any atom is 0.230 e. The van der Waals surface area contributed by atoms with Crippen LogP contribution in [-0.2, 0) is 11.2 Å². The quantitative estimate of drug-likeness (QED) is 0.725. The molecule has 1 N–H and O–H groups in total. The molecule has 3 nitrogen and oxygen atoms in total. The molecule has 118 valence electrons. The predicted molar refractivity (Wildman–Crippen MR) is 99.0 cm³/mol. The Balaban J connectivity index is 1.67. The second-order valence-corrected chi connectivity index (χ2v) is 6.32. The summed E-state index contributed by atoms with van der Waals surface area (Å²) in [6, 6.07) is 15.4. The smallest absolute Gasteiger partial charge is 0.230 e. The molecule has 0 saturated heterocycles. The lowest BCUT2D eigenvalue weighted by Gasteiger charge is -2.04. The first kappa shape index (κ1) is 16.0. The van der Waals surface area contributed by atoms with Crippen LogP contribution in [-0.4, -0.2) is 10.9 Å². The van der Waals surface area contributed by atoms with Gasteiger partial charge in [0.25, 0.3) is 0 Å². The van der Waals surface area contributed by atoms with E-state index in [2.05, 4.69) is 35.3 Å². The largest absolute Gasteiger partial charge is 0.326 e. The zero-order valence-electron chi connectivity index (χ0n) is 13.2. The number of benzene rings is 2. The van der Waals surface area contributed by atoms with Gasteiger partial charge in [-0.25, -0.2) is 4.98 Å². The maximum atomic E-state index is 12.2. The summed E-state index contributed by atoms with van der Waals surface area (Å²) in [7, 11) is 0. The minimum Gasteiger partial charge on any atom is -0.326 e. The van der Waals surface area contributed by atoms with E-state index < -0.39 is 0 Å². The number of hydrogen-bond acceptors (Lipinski definition) is 3. The second kappa shape index (κ2) is 7.12. The van der Waals surface area contributed by atoms with Gasteiger partial charge in [0.15, 0.2) is 0 Å². The normalized spacial score (nSPS) is 10.2. The predicted octanol–water partition coefficient (Wildman–Crippen LogP) is 4.28. The van der Waals surface area contributed by atoms with Crippen LogP contribution in [0.4, 0.5) is 5.69 Å². The first-order valence-corrected chi connectivity index (χ1v) is 8.40. The van der Waals surface area contributed by atoms with Gasteiger partial charge in [-0.3, -0.25) is 4.79 Å². The number of aromatic nitrogens is 1. The first-order chi connectivity index (χ1) is 11.6. The van der Waals surface area contributed by atoms with E-state index in [1.54, 1.807) is 17.4 Å². The molecule has 24 heavy (non-hydrogen) atoms. The molecule has 0 bridgehead atoms. The van der Waals surface area contributed by atoms with Gasteiger partial charge in [-0.2, -0.15) is 0 Å². The van der Waals surface area contributed by atoms with E-state index in [0.29, 0.717) is 5.69 Å². The number of amides is 1. The van der Waals surface area contributed by atoms with Crippen molar-refractivity contribution in [2.45, 2.75) is 13.3 Å².